The van der Waals surface area contributed by atoms with Crippen LogP contribution in [0.3, 0.4) is 0 Å². The van der Waals surface area contributed by atoms with E-state index in [1.54, 1.807) is 28.2 Å². The summed E-state index contributed by atoms with van der Waals surface area (Å²) < 4.78 is 0. The van der Waals surface area contributed by atoms with Crippen molar-refractivity contribution in [3.05, 3.63) is 38.5 Å². The van der Waals surface area contributed by atoms with Crippen LogP contribution in [0.1, 0.15) is 21.4 Å². The summed E-state index contributed by atoms with van der Waals surface area (Å²) in [5.74, 6) is 0. The van der Waals surface area contributed by atoms with Crippen LogP contribution in [0.5, 0.6) is 0 Å². The van der Waals surface area contributed by atoms with Crippen molar-refractivity contribution in [1.29, 1.82) is 0 Å². The van der Waals surface area contributed by atoms with E-state index in [4.69, 9.17) is 0 Å². The zero-order chi connectivity index (χ0) is 9.97. The SMILES string of the molecule is Cc1sccc1C(O)Cc1cncs1. The van der Waals surface area contributed by atoms with Crippen molar-refractivity contribution in [2.45, 2.75) is 19.4 Å². The number of hydrogen-bond acceptors (Lipinski definition) is 4. The molecule has 1 unspecified atom stereocenters. The maximum absolute atomic E-state index is 9.95. The second-order valence-electron chi connectivity index (χ2n) is 3.12. The molecule has 2 heterocycles. The summed E-state index contributed by atoms with van der Waals surface area (Å²) in [4.78, 5) is 6.31. The molecular formula is C10H11NOS2. The Morgan fingerprint density at radius 1 is 1.50 bits per heavy atom. The average molecular weight is 225 g/mol. The Bertz CT molecular complexity index is 394. The number of hydrogen-bond donors (Lipinski definition) is 1. The highest BCUT2D eigenvalue weighted by molar-refractivity contribution is 7.10. The van der Waals surface area contributed by atoms with E-state index < -0.39 is 0 Å². The number of thiazole rings is 1. The van der Waals surface area contributed by atoms with E-state index in [2.05, 4.69) is 4.98 Å². The topological polar surface area (TPSA) is 33.1 Å². The number of aliphatic hydroxyl groups is 1. The van der Waals surface area contributed by atoms with Gasteiger partial charge in [-0.15, -0.1) is 22.7 Å². The van der Waals surface area contributed by atoms with Gasteiger partial charge in [0.15, 0.2) is 0 Å². The molecule has 0 fully saturated rings. The maximum atomic E-state index is 9.95. The van der Waals surface area contributed by atoms with Crippen molar-refractivity contribution in [3.8, 4) is 0 Å². The van der Waals surface area contributed by atoms with Crippen LogP contribution in [0.15, 0.2) is 23.2 Å². The van der Waals surface area contributed by atoms with Crippen molar-refractivity contribution in [2.24, 2.45) is 0 Å². The second kappa shape index (κ2) is 4.21. The first-order valence-electron chi connectivity index (χ1n) is 4.37. The van der Waals surface area contributed by atoms with Crippen LogP contribution in [-0.2, 0) is 6.42 Å². The molecule has 0 aromatic carbocycles. The Morgan fingerprint density at radius 2 is 2.36 bits per heavy atom. The van der Waals surface area contributed by atoms with Crippen LogP contribution in [0.2, 0.25) is 0 Å². The molecule has 74 valence electrons. The van der Waals surface area contributed by atoms with Gasteiger partial charge in [-0.2, -0.15) is 0 Å². The predicted molar refractivity (Wildman–Crippen MR) is 59.8 cm³/mol. The first-order valence-corrected chi connectivity index (χ1v) is 6.12. The first-order chi connectivity index (χ1) is 6.77. The van der Waals surface area contributed by atoms with Gasteiger partial charge in [-0.25, -0.2) is 0 Å². The number of thiophene rings is 1. The molecule has 0 bridgehead atoms. The van der Waals surface area contributed by atoms with Crippen LogP contribution in [-0.4, -0.2) is 10.1 Å². The van der Waals surface area contributed by atoms with Gasteiger partial charge in [0.1, 0.15) is 0 Å². The van der Waals surface area contributed by atoms with Crippen LogP contribution < -0.4 is 0 Å². The molecule has 4 heteroatoms. The van der Waals surface area contributed by atoms with E-state index in [1.165, 1.54) is 4.88 Å². The van der Waals surface area contributed by atoms with Gasteiger partial charge < -0.3 is 5.11 Å². The summed E-state index contributed by atoms with van der Waals surface area (Å²) in [6.45, 7) is 2.04. The molecule has 0 radical (unpaired) electrons. The van der Waals surface area contributed by atoms with Crippen molar-refractivity contribution >= 4 is 22.7 Å². The highest BCUT2D eigenvalue weighted by Gasteiger charge is 2.12. The van der Waals surface area contributed by atoms with Gasteiger partial charge in [-0.05, 0) is 23.9 Å². The van der Waals surface area contributed by atoms with E-state index in [9.17, 15) is 5.11 Å². The van der Waals surface area contributed by atoms with Gasteiger partial charge in [0.05, 0.1) is 11.6 Å². The van der Waals surface area contributed by atoms with Crippen LogP contribution in [0.25, 0.3) is 0 Å². The van der Waals surface area contributed by atoms with Gasteiger partial charge in [-0.3, -0.25) is 4.98 Å². The summed E-state index contributed by atoms with van der Waals surface area (Å²) >= 11 is 3.26. The van der Waals surface area contributed by atoms with Gasteiger partial charge in [0, 0.05) is 22.4 Å². The van der Waals surface area contributed by atoms with Crippen molar-refractivity contribution < 1.29 is 5.11 Å². The Hall–Kier alpha value is -0.710. The summed E-state index contributed by atoms with van der Waals surface area (Å²) in [6, 6.07) is 1.99. The van der Waals surface area contributed by atoms with E-state index in [-0.39, 0.29) is 6.10 Å². The summed E-state index contributed by atoms with van der Waals surface area (Å²) in [6.07, 6.45) is 2.10. The van der Waals surface area contributed by atoms with E-state index in [1.807, 2.05) is 24.6 Å². The lowest BCUT2D eigenvalue weighted by Gasteiger charge is -2.08. The largest absolute Gasteiger partial charge is 0.388 e. The van der Waals surface area contributed by atoms with E-state index in [0.717, 1.165) is 10.4 Å². The molecule has 2 aromatic rings. The fraction of sp³-hybridized carbons (Fsp3) is 0.300. The monoisotopic (exact) mass is 225 g/mol. The molecular weight excluding hydrogens is 214 g/mol. The summed E-state index contributed by atoms with van der Waals surface area (Å²) in [5.41, 5.74) is 2.84. The number of aromatic nitrogens is 1. The number of rotatable bonds is 3. The number of aryl methyl sites for hydroxylation is 1. The van der Waals surface area contributed by atoms with Gasteiger partial charge in [0.25, 0.3) is 0 Å². The van der Waals surface area contributed by atoms with Crippen molar-refractivity contribution in [2.75, 3.05) is 0 Å². The lowest BCUT2D eigenvalue weighted by molar-refractivity contribution is 0.179. The predicted octanol–water partition coefficient (Wildman–Crippen LogP) is 2.79. The Morgan fingerprint density at radius 3 is 2.93 bits per heavy atom. The molecule has 2 aromatic heterocycles. The zero-order valence-electron chi connectivity index (χ0n) is 7.80. The molecule has 14 heavy (non-hydrogen) atoms. The van der Waals surface area contributed by atoms with Crippen molar-refractivity contribution in [1.82, 2.24) is 4.98 Å². The third-order valence-electron chi connectivity index (χ3n) is 2.14. The van der Waals surface area contributed by atoms with Gasteiger partial charge >= 0.3 is 0 Å². The zero-order valence-corrected chi connectivity index (χ0v) is 9.44. The van der Waals surface area contributed by atoms with Gasteiger partial charge in [0.2, 0.25) is 0 Å². The molecule has 0 amide bonds. The molecule has 0 spiro atoms. The number of aliphatic hydroxyl groups excluding tert-OH is 1. The third-order valence-corrected chi connectivity index (χ3v) is 3.80. The lowest BCUT2D eigenvalue weighted by atomic mass is 10.1. The number of nitrogens with zero attached hydrogens (tertiary/aromatic N) is 1. The van der Waals surface area contributed by atoms with Crippen LogP contribution in [0, 0.1) is 6.92 Å². The first kappa shape index (κ1) is 9.83. The lowest BCUT2D eigenvalue weighted by Crippen LogP contribution is -2.00. The smallest absolute Gasteiger partial charge is 0.0849 e. The molecule has 2 nitrogen and oxygen atoms in total. The Balaban J connectivity index is 2.10. The van der Waals surface area contributed by atoms with Gasteiger partial charge in [-0.1, -0.05) is 0 Å². The molecule has 0 saturated heterocycles. The molecule has 2 rings (SSSR count). The van der Waals surface area contributed by atoms with Crippen LogP contribution in [0.4, 0.5) is 0 Å². The molecule has 0 aliphatic carbocycles. The third kappa shape index (κ3) is 2.03. The van der Waals surface area contributed by atoms with E-state index >= 15 is 0 Å². The minimum Gasteiger partial charge on any atom is -0.388 e. The van der Waals surface area contributed by atoms with Crippen LogP contribution >= 0.6 is 22.7 Å². The molecule has 1 atom stereocenters. The summed E-state index contributed by atoms with van der Waals surface area (Å²) in [5, 5.41) is 12.0. The molecule has 0 aliphatic heterocycles. The highest BCUT2D eigenvalue weighted by atomic mass is 32.1. The fourth-order valence-corrected chi connectivity index (χ4v) is 2.78. The minimum absolute atomic E-state index is 0.387. The van der Waals surface area contributed by atoms with E-state index in [0.29, 0.717) is 6.42 Å². The summed E-state index contributed by atoms with van der Waals surface area (Å²) in [7, 11) is 0. The normalized spacial score (nSPS) is 13.0. The quantitative estimate of drug-likeness (QED) is 0.871. The fourth-order valence-electron chi connectivity index (χ4n) is 1.38. The molecule has 0 aliphatic rings. The maximum Gasteiger partial charge on any atom is 0.0849 e. The average Bonchev–Trinajstić information content (AvgIpc) is 2.75. The highest BCUT2D eigenvalue weighted by Crippen LogP contribution is 2.26. The Labute approximate surface area is 90.9 Å². The molecule has 1 N–H and O–H groups in total. The van der Waals surface area contributed by atoms with Crippen molar-refractivity contribution in [3.63, 3.8) is 0 Å². The standard InChI is InChI=1S/C10H11NOS2/c1-7-9(2-3-13-7)10(12)4-8-5-11-6-14-8/h2-3,5-6,10,12H,4H2,1H3. The molecule has 0 saturated carbocycles. The Kier molecular flexibility index (Phi) is 2.96. The second-order valence-corrected chi connectivity index (χ2v) is 5.21. The minimum atomic E-state index is -0.387.